The number of carbonyl (C=O) groups excluding carboxylic acids is 1. The molecule has 1 heterocycles. The lowest BCUT2D eigenvalue weighted by molar-refractivity contribution is -0.119. The highest BCUT2D eigenvalue weighted by Gasteiger charge is 2.27. The van der Waals surface area contributed by atoms with Gasteiger partial charge in [0.15, 0.2) is 0 Å². The highest BCUT2D eigenvalue weighted by atomic mass is 16.5. The summed E-state index contributed by atoms with van der Waals surface area (Å²) in [5.41, 5.74) is 5.33. The monoisotopic (exact) mass is 519 g/mol. The molecule has 0 aliphatic heterocycles. The van der Waals surface area contributed by atoms with E-state index in [1.807, 2.05) is 17.0 Å². The Labute approximate surface area is 230 Å². The first-order chi connectivity index (χ1) is 18.5. The molecule has 0 spiro atoms. The molecule has 0 N–H and O–H groups in total. The number of hydrogen-bond donors (Lipinski definition) is 0. The highest BCUT2D eigenvalue weighted by Crippen LogP contribution is 2.29. The molecule has 0 saturated heterocycles. The molecular formula is C33H49N3O2. The van der Waals surface area contributed by atoms with E-state index in [1.165, 1.54) is 56.9 Å². The van der Waals surface area contributed by atoms with Crippen molar-refractivity contribution in [2.75, 3.05) is 18.6 Å². The van der Waals surface area contributed by atoms with Crippen LogP contribution in [0, 0.1) is 6.92 Å². The minimum atomic E-state index is -0.0746. The zero-order valence-corrected chi connectivity index (χ0v) is 24.5. The fourth-order valence-electron chi connectivity index (χ4n) is 5.55. The number of rotatable bonds is 17. The maximum Gasteiger partial charge on any atom is 0.247 e. The third kappa shape index (κ3) is 7.92. The van der Waals surface area contributed by atoms with Crippen molar-refractivity contribution in [3.05, 3.63) is 59.4 Å². The van der Waals surface area contributed by atoms with Gasteiger partial charge in [0.25, 0.3) is 0 Å². The lowest BCUT2D eigenvalue weighted by Gasteiger charge is -2.32. The number of imidazole rings is 1. The van der Waals surface area contributed by atoms with Crippen LogP contribution < -0.4 is 4.90 Å². The van der Waals surface area contributed by atoms with Crippen molar-refractivity contribution < 1.29 is 9.53 Å². The molecular weight excluding hydrogens is 470 g/mol. The Bertz CT molecular complexity index is 1140. The van der Waals surface area contributed by atoms with Crippen LogP contribution in [0.5, 0.6) is 0 Å². The molecule has 0 fully saturated rings. The molecule has 5 nitrogen and oxygen atoms in total. The van der Waals surface area contributed by atoms with Crippen LogP contribution in [0.1, 0.15) is 95.5 Å². The van der Waals surface area contributed by atoms with Crippen molar-refractivity contribution in [1.82, 2.24) is 9.55 Å². The van der Waals surface area contributed by atoms with Crippen LogP contribution >= 0.6 is 0 Å². The smallest absolute Gasteiger partial charge is 0.247 e. The van der Waals surface area contributed by atoms with Gasteiger partial charge in [-0.15, -0.1) is 0 Å². The Morgan fingerprint density at radius 2 is 1.63 bits per heavy atom. The van der Waals surface area contributed by atoms with Gasteiger partial charge in [-0.05, 0) is 49.9 Å². The van der Waals surface area contributed by atoms with Crippen molar-refractivity contribution in [3.8, 4) is 0 Å². The number of nitrogens with zero attached hydrogens (tertiary/aromatic N) is 3. The summed E-state index contributed by atoms with van der Waals surface area (Å²) in [5, 5.41) is 0. The standard InChI is InChI=1S/C33H49N3O2/c1-6-8-9-10-11-12-13-14-15-23-31-34-29-21-16-17-22-30(29)35(31)24-32(37)36(27(4)25-38-5)33-26(3)19-18-20-28(33)7-2/h16-22,27H,6-15,23-25H2,1-5H3. The minimum absolute atomic E-state index is 0.0746. The molecule has 208 valence electrons. The second-order valence-corrected chi connectivity index (χ2v) is 10.7. The van der Waals surface area contributed by atoms with E-state index in [-0.39, 0.29) is 18.5 Å². The first-order valence-electron chi connectivity index (χ1n) is 14.8. The lowest BCUT2D eigenvalue weighted by atomic mass is 10.0. The second kappa shape index (κ2) is 15.7. The summed E-state index contributed by atoms with van der Waals surface area (Å²) in [6.45, 7) is 9.34. The molecule has 3 aromatic rings. The largest absolute Gasteiger partial charge is 0.383 e. The van der Waals surface area contributed by atoms with E-state index in [1.54, 1.807) is 7.11 Å². The van der Waals surface area contributed by atoms with Gasteiger partial charge in [0, 0.05) is 13.5 Å². The van der Waals surface area contributed by atoms with Gasteiger partial charge in [-0.2, -0.15) is 0 Å². The number of hydrogen-bond acceptors (Lipinski definition) is 3. The average Bonchev–Trinajstić information content (AvgIpc) is 3.26. The predicted octanol–water partition coefficient (Wildman–Crippen LogP) is 8.05. The molecule has 0 bridgehead atoms. The van der Waals surface area contributed by atoms with Crippen LogP contribution in [0.25, 0.3) is 11.0 Å². The number of methoxy groups -OCH3 is 1. The van der Waals surface area contributed by atoms with Crippen LogP contribution in [-0.4, -0.2) is 35.2 Å². The Morgan fingerprint density at radius 1 is 0.947 bits per heavy atom. The van der Waals surface area contributed by atoms with Crippen molar-refractivity contribution in [2.45, 2.75) is 111 Å². The quantitative estimate of drug-likeness (QED) is 0.170. The number of carbonyl (C=O) groups is 1. The third-order valence-electron chi connectivity index (χ3n) is 7.59. The van der Waals surface area contributed by atoms with Crippen LogP contribution in [-0.2, 0) is 28.9 Å². The third-order valence-corrected chi connectivity index (χ3v) is 7.59. The van der Waals surface area contributed by atoms with E-state index in [0.29, 0.717) is 6.61 Å². The van der Waals surface area contributed by atoms with Gasteiger partial charge in [-0.25, -0.2) is 4.98 Å². The Balaban J connectivity index is 1.77. The van der Waals surface area contributed by atoms with Gasteiger partial charge in [0.2, 0.25) is 5.91 Å². The number of unbranched alkanes of at least 4 members (excludes halogenated alkanes) is 8. The van der Waals surface area contributed by atoms with Gasteiger partial charge in [-0.3, -0.25) is 4.79 Å². The number of fused-ring (bicyclic) bond motifs is 1. The van der Waals surface area contributed by atoms with Crippen molar-refractivity contribution in [1.29, 1.82) is 0 Å². The van der Waals surface area contributed by atoms with E-state index < -0.39 is 0 Å². The number of amides is 1. The predicted molar refractivity (Wildman–Crippen MR) is 160 cm³/mol. The van der Waals surface area contributed by atoms with E-state index in [0.717, 1.165) is 47.4 Å². The molecule has 2 aromatic carbocycles. The molecule has 1 aromatic heterocycles. The molecule has 0 radical (unpaired) electrons. The van der Waals surface area contributed by atoms with E-state index in [4.69, 9.17) is 9.72 Å². The molecule has 1 unspecified atom stereocenters. The van der Waals surface area contributed by atoms with Gasteiger partial charge in [0.1, 0.15) is 12.4 Å². The number of anilines is 1. The summed E-state index contributed by atoms with van der Waals surface area (Å²) in [6.07, 6.45) is 13.4. The average molecular weight is 520 g/mol. The Morgan fingerprint density at radius 3 is 2.32 bits per heavy atom. The minimum Gasteiger partial charge on any atom is -0.383 e. The van der Waals surface area contributed by atoms with Crippen LogP contribution in [0.3, 0.4) is 0 Å². The number of ether oxygens (including phenoxy) is 1. The van der Waals surface area contributed by atoms with Crippen molar-refractivity contribution >= 4 is 22.6 Å². The van der Waals surface area contributed by atoms with Gasteiger partial charge >= 0.3 is 0 Å². The summed E-state index contributed by atoms with van der Waals surface area (Å²) in [6, 6.07) is 14.4. The van der Waals surface area contributed by atoms with Crippen molar-refractivity contribution in [3.63, 3.8) is 0 Å². The molecule has 1 atom stereocenters. The summed E-state index contributed by atoms with van der Waals surface area (Å²) in [7, 11) is 1.70. The SMILES string of the molecule is CCCCCCCCCCCc1nc2ccccc2n1CC(=O)N(c1c(C)cccc1CC)C(C)COC. The van der Waals surface area contributed by atoms with E-state index >= 15 is 0 Å². The number of aryl methyl sites for hydroxylation is 3. The highest BCUT2D eigenvalue weighted by molar-refractivity contribution is 5.96. The fourth-order valence-corrected chi connectivity index (χ4v) is 5.55. The zero-order valence-electron chi connectivity index (χ0n) is 24.5. The first-order valence-corrected chi connectivity index (χ1v) is 14.8. The van der Waals surface area contributed by atoms with Crippen LogP contribution in [0.4, 0.5) is 5.69 Å². The molecule has 0 saturated carbocycles. The number of benzene rings is 2. The normalized spacial score (nSPS) is 12.2. The van der Waals surface area contributed by atoms with Gasteiger partial charge < -0.3 is 14.2 Å². The molecule has 3 rings (SSSR count). The van der Waals surface area contributed by atoms with E-state index in [2.05, 4.69) is 62.6 Å². The molecule has 1 amide bonds. The molecule has 0 aliphatic rings. The summed E-state index contributed by atoms with van der Waals surface area (Å²) < 4.78 is 7.65. The zero-order chi connectivity index (χ0) is 27.3. The summed E-state index contributed by atoms with van der Waals surface area (Å²) in [5.74, 6) is 1.09. The number of para-hydroxylation sites is 3. The van der Waals surface area contributed by atoms with Crippen LogP contribution in [0.2, 0.25) is 0 Å². The molecule has 5 heteroatoms. The Kier molecular flexibility index (Phi) is 12.3. The summed E-state index contributed by atoms with van der Waals surface area (Å²) in [4.78, 5) is 21.0. The first kappa shape index (κ1) is 29.9. The Hall–Kier alpha value is -2.66. The topological polar surface area (TPSA) is 47.4 Å². The van der Waals surface area contributed by atoms with Gasteiger partial charge in [0.05, 0.1) is 29.4 Å². The summed E-state index contributed by atoms with van der Waals surface area (Å²) >= 11 is 0. The number of aromatic nitrogens is 2. The fraction of sp³-hybridized carbons (Fsp3) is 0.576. The van der Waals surface area contributed by atoms with E-state index in [9.17, 15) is 4.79 Å². The lowest BCUT2D eigenvalue weighted by Crippen LogP contribution is -2.44. The maximum absolute atomic E-state index is 14.1. The van der Waals surface area contributed by atoms with Crippen molar-refractivity contribution in [2.24, 2.45) is 0 Å². The molecule has 0 aliphatic carbocycles. The second-order valence-electron chi connectivity index (χ2n) is 10.7. The van der Waals surface area contributed by atoms with Gasteiger partial charge in [-0.1, -0.05) is 95.5 Å². The molecule has 38 heavy (non-hydrogen) atoms. The maximum atomic E-state index is 14.1. The van der Waals surface area contributed by atoms with Crippen LogP contribution in [0.15, 0.2) is 42.5 Å².